The lowest BCUT2D eigenvalue weighted by Crippen LogP contribution is -2.37. The maximum absolute atomic E-state index is 11.9. The van der Waals surface area contributed by atoms with Crippen LogP contribution in [0, 0.1) is 0 Å². The zero-order valence-corrected chi connectivity index (χ0v) is 25.9. The highest BCUT2D eigenvalue weighted by molar-refractivity contribution is 7.47. The van der Waals surface area contributed by atoms with Gasteiger partial charge in [0.1, 0.15) is 13.2 Å². The van der Waals surface area contributed by atoms with Gasteiger partial charge in [0, 0.05) is 0 Å². The molecular weight excluding hydrogens is 481 g/mol. The summed E-state index contributed by atoms with van der Waals surface area (Å²) in [4.78, 5) is 9.74. The molecule has 0 aromatic heterocycles. The van der Waals surface area contributed by atoms with E-state index in [-0.39, 0.29) is 6.61 Å². The van der Waals surface area contributed by atoms with Crippen LogP contribution in [-0.4, -0.2) is 50.3 Å². The Labute approximate surface area is 231 Å². The maximum atomic E-state index is 11.9. The molecule has 1 aliphatic rings. The highest BCUT2D eigenvalue weighted by Gasteiger charge is 2.21. The quantitative estimate of drug-likeness (QED) is 0.0909. The summed E-state index contributed by atoms with van der Waals surface area (Å²) in [6.07, 6.45) is 33.4. The van der Waals surface area contributed by atoms with Crippen LogP contribution >= 0.6 is 7.82 Å². The Hall–Kier alpha value is -0.190. The van der Waals surface area contributed by atoms with Gasteiger partial charge in [-0.15, -0.1) is 0 Å². The molecule has 6 heteroatoms. The molecule has 0 aromatic carbocycles. The average molecular weight is 545 g/mol. The normalized spacial score (nSPS) is 19.1. The van der Waals surface area contributed by atoms with E-state index in [1.807, 2.05) is 21.1 Å². The van der Waals surface area contributed by atoms with Gasteiger partial charge in [-0.25, -0.2) is 4.57 Å². The fraction of sp³-hybridized carbons (Fsp3) is 0.935. The highest BCUT2D eigenvalue weighted by Crippen LogP contribution is 2.43. The lowest BCUT2D eigenvalue weighted by atomic mass is 9.98. The van der Waals surface area contributed by atoms with Crippen LogP contribution in [0.4, 0.5) is 0 Å². The van der Waals surface area contributed by atoms with Crippen LogP contribution < -0.4 is 0 Å². The van der Waals surface area contributed by atoms with Crippen LogP contribution in [-0.2, 0) is 13.6 Å². The third-order valence-electron chi connectivity index (χ3n) is 7.55. The van der Waals surface area contributed by atoms with E-state index in [4.69, 9.17) is 9.05 Å². The fourth-order valence-electron chi connectivity index (χ4n) is 5.06. The van der Waals surface area contributed by atoms with Gasteiger partial charge in [-0.3, -0.25) is 9.05 Å². The Morgan fingerprint density at radius 2 is 1.05 bits per heavy atom. The largest absolute Gasteiger partial charge is 0.472 e. The summed E-state index contributed by atoms with van der Waals surface area (Å²) >= 11 is 0. The molecule has 0 radical (unpaired) electrons. The van der Waals surface area contributed by atoms with Crippen LogP contribution in [0.2, 0.25) is 0 Å². The molecule has 220 valence electrons. The molecule has 0 amide bonds. The molecule has 37 heavy (non-hydrogen) atoms. The van der Waals surface area contributed by atoms with E-state index in [0.717, 1.165) is 12.8 Å². The van der Waals surface area contributed by atoms with E-state index >= 15 is 0 Å². The molecule has 0 heterocycles. The van der Waals surface area contributed by atoms with Crippen LogP contribution in [0.3, 0.4) is 0 Å². The van der Waals surface area contributed by atoms with Crippen molar-refractivity contribution in [3.63, 3.8) is 0 Å². The van der Waals surface area contributed by atoms with E-state index in [1.54, 1.807) is 5.57 Å². The first-order chi connectivity index (χ1) is 17.8. The van der Waals surface area contributed by atoms with E-state index in [1.165, 1.54) is 135 Å². The van der Waals surface area contributed by atoms with Gasteiger partial charge in [-0.2, -0.15) is 0 Å². The first-order valence-electron chi connectivity index (χ1n) is 15.9. The minimum absolute atomic E-state index is 0.231. The summed E-state index contributed by atoms with van der Waals surface area (Å²) in [5, 5.41) is 0. The maximum Gasteiger partial charge on any atom is 0.472 e. The smallest absolute Gasteiger partial charge is 0.329 e. The van der Waals surface area contributed by atoms with Crippen molar-refractivity contribution in [3.8, 4) is 0 Å². The molecule has 1 rings (SSSR count). The van der Waals surface area contributed by atoms with Crippen molar-refractivity contribution in [3.05, 3.63) is 11.6 Å². The van der Waals surface area contributed by atoms with Crippen molar-refractivity contribution in [2.45, 2.75) is 148 Å². The van der Waals surface area contributed by atoms with Gasteiger partial charge in [0.2, 0.25) is 0 Å². The average Bonchev–Trinajstić information content (AvgIpc) is 2.83. The molecule has 1 aliphatic carbocycles. The molecule has 0 bridgehead atoms. The third kappa shape index (κ3) is 24.6. The molecule has 1 fully saturated rings. The van der Waals surface area contributed by atoms with Crippen molar-refractivity contribution in [2.24, 2.45) is 0 Å². The van der Waals surface area contributed by atoms with Crippen LogP contribution in [0.5, 0.6) is 0 Å². The van der Waals surface area contributed by atoms with Gasteiger partial charge >= 0.3 is 7.82 Å². The zero-order valence-electron chi connectivity index (χ0n) is 25.0. The molecule has 1 unspecified atom stereocenters. The second kappa shape index (κ2) is 22.6. The van der Waals surface area contributed by atoms with E-state index in [2.05, 4.69) is 6.08 Å². The lowest BCUT2D eigenvalue weighted by Gasteiger charge is -2.24. The summed E-state index contributed by atoms with van der Waals surface area (Å²) in [5.74, 6) is 0. The van der Waals surface area contributed by atoms with Crippen molar-refractivity contribution in [2.75, 3.05) is 40.9 Å². The molecule has 1 saturated carbocycles. The van der Waals surface area contributed by atoms with Crippen LogP contribution in [0.1, 0.15) is 148 Å². The van der Waals surface area contributed by atoms with Gasteiger partial charge in [0.05, 0.1) is 27.7 Å². The predicted molar refractivity (Wildman–Crippen MR) is 159 cm³/mol. The second-order valence-corrected chi connectivity index (χ2v) is 13.8. The number of phosphoric acid groups is 1. The van der Waals surface area contributed by atoms with Gasteiger partial charge < -0.3 is 9.38 Å². The number of allylic oxidation sites excluding steroid dienone is 2. The molecule has 0 spiro atoms. The number of rotatable bonds is 16. The van der Waals surface area contributed by atoms with Gasteiger partial charge in [-0.05, 0) is 44.9 Å². The summed E-state index contributed by atoms with van der Waals surface area (Å²) in [5.41, 5.74) is 1.75. The molecule has 0 aliphatic heterocycles. The zero-order chi connectivity index (χ0) is 27.1. The van der Waals surface area contributed by atoms with Crippen LogP contribution in [0.25, 0.3) is 0 Å². The molecule has 5 nitrogen and oxygen atoms in total. The molecule has 1 atom stereocenters. The lowest BCUT2D eigenvalue weighted by molar-refractivity contribution is -0.870. The van der Waals surface area contributed by atoms with Gasteiger partial charge in [-0.1, -0.05) is 114 Å². The SMILES string of the molecule is C[N+](C)(C)CCOP(=O)(O)OCCCCCCCCCCC=C1CCCCCCCCCCCCCC1. The minimum atomic E-state index is -3.90. The fourth-order valence-corrected chi connectivity index (χ4v) is 5.81. The van der Waals surface area contributed by atoms with Gasteiger partial charge in [0.25, 0.3) is 0 Å². The summed E-state index contributed by atoms with van der Waals surface area (Å²) < 4.78 is 22.7. The number of hydrogen-bond donors (Lipinski definition) is 1. The summed E-state index contributed by atoms with van der Waals surface area (Å²) in [6, 6.07) is 0. The Morgan fingerprint density at radius 1 is 0.649 bits per heavy atom. The number of phosphoric ester groups is 1. The van der Waals surface area contributed by atoms with E-state index in [9.17, 15) is 9.46 Å². The van der Waals surface area contributed by atoms with Crippen molar-refractivity contribution in [1.82, 2.24) is 0 Å². The molecular formula is C31H63NO4P+. The van der Waals surface area contributed by atoms with Crippen molar-refractivity contribution < 1.29 is 23.0 Å². The number of quaternary nitrogens is 1. The topological polar surface area (TPSA) is 55.8 Å². The Balaban J connectivity index is 2.03. The highest BCUT2D eigenvalue weighted by atomic mass is 31.2. The molecule has 1 N–H and O–H groups in total. The minimum Gasteiger partial charge on any atom is -0.329 e. The number of likely N-dealkylation sites (N-methyl/N-ethyl adjacent to an activating group) is 1. The number of nitrogens with zero attached hydrogens (tertiary/aromatic N) is 1. The van der Waals surface area contributed by atoms with Crippen molar-refractivity contribution >= 4 is 7.82 Å². The van der Waals surface area contributed by atoms with Crippen LogP contribution in [0.15, 0.2) is 11.6 Å². The van der Waals surface area contributed by atoms with Gasteiger partial charge in [0.15, 0.2) is 0 Å². The van der Waals surface area contributed by atoms with E-state index in [0.29, 0.717) is 17.6 Å². The summed E-state index contributed by atoms with van der Waals surface area (Å²) in [7, 11) is 2.17. The summed E-state index contributed by atoms with van der Waals surface area (Å²) in [6.45, 7) is 1.20. The van der Waals surface area contributed by atoms with E-state index < -0.39 is 7.82 Å². The Morgan fingerprint density at radius 3 is 1.54 bits per heavy atom. The predicted octanol–water partition coefficient (Wildman–Crippen LogP) is 9.74. The first-order valence-corrected chi connectivity index (χ1v) is 17.4. The first kappa shape index (κ1) is 34.8. The standard InChI is InChI=1S/C31H62NO4P/c1-32(2,3)28-30-36-37(33,34)35-29-24-20-16-12-8-11-15-19-23-27-31-25-21-17-13-9-6-4-5-7-10-14-18-22-26-31/h27H,4-26,28-30H2,1-3H3/p+1. The third-order valence-corrected chi connectivity index (χ3v) is 8.57. The number of unbranched alkanes of at least 4 members (excludes halogenated alkanes) is 8. The Bertz CT molecular complexity index is 585. The Kier molecular flexibility index (Phi) is 21.3. The molecule has 0 saturated heterocycles. The monoisotopic (exact) mass is 544 g/mol. The number of hydrogen-bond acceptors (Lipinski definition) is 3. The molecule has 0 aromatic rings. The van der Waals surface area contributed by atoms with Crippen molar-refractivity contribution in [1.29, 1.82) is 0 Å². The second-order valence-electron chi connectivity index (χ2n) is 12.4.